The minimum atomic E-state index is -0.138. The van der Waals surface area contributed by atoms with Crippen molar-refractivity contribution >= 4 is 5.91 Å². The van der Waals surface area contributed by atoms with Crippen LogP contribution in [0.15, 0.2) is 31.0 Å². The molecule has 1 amide bonds. The summed E-state index contributed by atoms with van der Waals surface area (Å²) >= 11 is 0. The van der Waals surface area contributed by atoms with Gasteiger partial charge in [0.1, 0.15) is 18.3 Å². The van der Waals surface area contributed by atoms with E-state index in [9.17, 15) is 4.79 Å². The van der Waals surface area contributed by atoms with Gasteiger partial charge in [-0.3, -0.25) is 4.79 Å². The van der Waals surface area contributed by atoms with E-state index < -0.39 is 0 Å². The fourth-order valence-corrected chi connectivity index (χ4v) is 2.62. The minimum absolute atomic E-state index is 0.138. The largest absolute Gasteiger partial charge is 0.351 e. The fourth-order valence-electron chi connectivity index (χ4n) is 2.62. The molecule has 0 saturated carbocycles. The number of amides is 1. The van der Waals surface area contributed by atoms with Gasteiger partial charge in [-0.2, -0.15) is 5.10 Å². The molecule has 3 rings (SSSR count). The van der Waals surface area contributed by atoms with E-state index in [1.165, 1.54) is 25.6 Å². The highest BCUT2D eigenvalue weighted by molar-refractivity contribution is 5.92. The summed E-state index contributed by atoms with van der Waals surface area (Å²) in [6.07, 6.45) is 9.35. The molecule has 22 heavy (non-hydrogen) atoms. The summed E-state index contributed by atoms with van der Waals surface area (Å²) in [5.41, 5.74) is 1.20. The van der Waals surface area contributed by atoms with E-state index in [2.05, 4.69) is 25.7 Å². The van der Waals surface area contributed by atoms with Gasteiger partial charge < -0.3 is 10.6 Å². The lowest BCUT2D eigenvalue weighted by Gasteiger charge is -2.23. The Morgan fingerprint density at radius 1 is 1.41 bits per heavy atom. The van der Waals surface area contributed by atoms with Gasteiger partial charge in [-0.1, -0.05) is 6.42 Å². The Morgan fingerprint density at radius 3 is 3.05 bits per heavy atom. The van der Waals surface area contributed by atoms with E-state index in [1.54, 1.807) is 29.3 Å². The molecule has 7 heteroatoms. The number of hydrogen-bond acceptors (Lipinski definition) is 5. The first-order chi connectivity index (χ1) is 10.8. The van der Waals surface area contributed by atoms with Crippen LogP contribution in [-0.4, -0.2) is 44.8 Å². The van der Waals surface area contributed by atoms with Crippen LogP contribution < -0.4 is 10.6 Å². The van der Waals surface area contributed by atoms with Crippen molar-refractivity contribution in [2.45, 2.75) is 31.7 Å². The van der Waals surface area contributed by atoms with Crippen molar-refractivity contribution in [3.8, 4) is 5.69 Å². The highest BCUT2D eigenvalue weighted by Gasteiger charge is 2.13. The Kier molecular flexibility index (Phi) is 4.75. The molecule has 1 aliphatic heterocycles. The van der Waals surface area contributed by atoms with E-state index in [0.29, 0.717) is 18.3 Å². The van der Waals surface area contributed by atoms with Crippen molar-refractivity contribution in [2.24, 2.45) is 0 Å². The molecule has 1 unspecified atom stereocenters. The maximum atomic E-state index is 12.1. The zero-order valence-electron chi connectivity index (χ0n) is 12.4. The predicted octanol–water partition coefficient (Wildman–Crippen LogP) is 0.924. The lowest BCUT2D eigenvalue weighted by molar-refractivity contribution is 0.0946. The second-order valence-electron chi connectivity index (χ2n) is 5.43. The molecule has 0 bridgehead atoms. The first-order valence-electron chi connectivity index (χ1n) is 7.65. The number of carbonyl (C=O) groups excluding carboxylic acids is 1. The van der Waals surface area contributed by atoms with Gasteiger partial charge in [-0.15, -0.1) is 0 Å². The molecule has 1 fully saturated rings. The Bertz CT molecular complexity index is 589. The number of nitrogens with one attached hydrogen (secondary N) is 2. The molecule has 0 aromatic carbocycles. The smallest absolute Gasteiger partial charge is 0.269 e. The van der Waals surface area contributed by atoms with Crippen molar-refractivity contribution in [3.63, 3.8) is 0 Å². The van der Waals surface area contributed by atoms with Crippen LogP contribution in [0.1, 0.15) is 36.2 Å². The number of piperidine rings is 1. The highest BCUT2D eigenvalue weighted by atomic mass is 16.1. The molecule has 1 saturated heterocycles. The summed E-state index contributed by atoms with van der Waals surface area (Å²) in [5, 5.41) is 10.4. The van der Waals surface area contributed by atoms with Gasteiger partial charge in [0.15, 0.2) is 0 Å². The third-order valence-electron chi connectivity index (χ3n) is 3.85. The Morgan fingerprint density at radius 2 is 2.36 bits per heavy atom. The molecule has 0 radical (unpaired) electrons. The van der Waals surface area contributed by atoms with Crippen LogP contribution in [-0.2, 0) is 0 Å². The summed E-state index contributed by atoms with van der Waals surface area (Å²) in [5.74, 6) is -0.138. The first-order valence-corrected chi connectivity index (χ1v) is 7.65. The SMILES string of the molecule is O=C(NCCC1CCCCN1)c1ccc(-n2cncn2)cn1. The molecule has 2 N–H and O–H groups in total. The maximum Gasteiger partial charge on any atom is 0.269 e. The average molecular weight is 300 g/mol. The van der Waals surface area contributed by atoms with Gasteiger partial charge in [0.05, 0.1) is 11.9 Å². The molecular formula is C15H20N6O. The van der Waals surface area contributed by atoms with Gasteiger partial charge >= 0.3 is 0 Å². The average Bonchev–Trinajstić information content (AvgIpc) is 3.10. The van der Waals surface area contributed by atoms with Crippen molar-refractivity contribution < 1.29 is 4.79 Å². The molecule has 1 aliphatic rings. The maximum absolute atomic E-state index is 12.1. The van der Waals surface area contributed by atoms with Crippen LogP contribution in [0.5, 0.6) is 0 Å². The molecule has 2 aromatic rings. The van der Waals surface area contributed by atoms with E-state index in [1.807, 2.05) is 0 Å². The van der Waals surface area contributed by atoms with Gasteiger partial charge in [0.2, 0.25) is 0 Å². The normalized spacial score (nSPS) is 18.1. The zero-order valence-corrected chi connectivity index (χ0v) is 12.4. The lowest BCUT2D eigenvalue weighted by atomic mass is 10.0. The molecule has 0 spiro atoms. The number of carbonyl (C=O) groups is 1. The number of pyridine rings is 1. The lowest BCUT2D eigenvalue weighted by Crippen LogP contribution is -2.37. The van der Waals surface area contributed by atoms with Crippen LogP contribution in [0.3, 0.4) is 0 Å². The monoisotopic (exact) mass is 300 g/mol. The number of aromatic nitrogens is 4. The first kappa shape index (κ1) is 14.6. The molecule has 0 aliphatic carbocycles. The summed E-state index contributed by atoms with van der Waals surface area (Å²) < 4.78 is 1.60. The predicted molar refractivity (Wildman–Crippen MR) is 81.7 cm³/mol. The van der Waals surface area contributed by atoms with E-state index in [-0.39, 0.29) is 5.91 Å². The third-order valence-corrected chi connectivity index (χ3v) is 3.85. The van der Waals surface area contributed by atoms with Crippen molar-refractivity contribution in [1.82, 2.24) is 30.4 Å². The molecule has 2 aromatic heterocycles. The quantitative estimate of drug-likeness (QED) is 0.858. The van der Waals surface area contributed by atoms with Crippen LogP contribution in [0, 0.1) is 0 Å². The van der Waals surface area contributed by atoms with E-state index in [4.69, 9.17) is 0 Å². The van der Waals surface area contributed by atoms with Crippen molar-refractivity contribution in [3.05, 3.63) is 36.7 Å². The summed E-state index contributed by atoms with van der Waals surface area (Å²) in [7, 11) is 0. The molecule has 1 atom stereocenters. The minimum Gasteiger partial charge on any atom is -0.351 e. The Hall–Kier alpha value is -2.28. The molecule has 116 valence electrons. The van der Waals surface area contributed by atoms with Crippen molar-refractivity contribution in [1.29, 1.82) is 0 Å². The number of hydrogen-bond donors (Lipinski definition) is 2. The van der Waals surface area contributed by atoms with Gasteiger partial charge in [0, 0.05) is 12.6 Å². The zero-order chi connectivity index (χ0) is 15.2. The van der Waals surface area contributed by atoms with Crippen LogP contribution in [0.4, 0.5) is 0 Å². The highest BCUT2D eigenvalue weighted by Crippen LogP contribution is 2.09. The van der Waals surface area contributed by atoms with Crippen LogP contribution in [0.2, 0.25) is 0 Å². The topological polar surface area (TPSA) is 84.7 Å². The van der Waals surface area contributed by atoms with Gasteiger partial charge in [-0.05, 0) is 37.9 Å². The standard InChI is InChI=1S/C15H20N6O/c22-15(18-8-6-12-3-1-2-7-17-12)14-5-4-13(9-19-14)21-11-16-10-20-21/h4-5,9-12,17H,1-3,6-8H2,(H,18,22). The number of nitrogens with zero attached hydrogens (tertiary/aromatic N) is 4. The molecule has 3 heterocycles. The van der Waals surface area contributed by atoms with E-state index >= 15 is 0 Å². The van der Waals surface area contributed by atoms with Crippen LogP contribution >= 0.6 is 0 Å². The molecule has 7 nitrogen and oxygen atoms in total. The second-order valence-corrected chi connectivity index (χ2v) is 5.43. The number of rotatable bonds is 5. The Balaban J connectivity index is 1.49. The van der Waals surface area contributed by atoms with E-state index in [0.717, 1.165) is 18.7 Å². The summed E-state index contributed by atoms with van der Waals surface area (Å²) in [6, 6.07) is 4.03. The second kappa shape index (κ2) is 7.13. The third kappa shape index (κ3) is 3.67. The summed E-state index contributed by atoms with van der Waals surface area (Å²) in [6.45, 7) is 1.76. The van der Waals surface area contributed by atoms with Gasteiger partial charge in [0.25, 0.3) is 5.91 Å². The van der Waals surface area contributed by atoms with Crippen LogP contribution in [0.25, 0.3) is 5.69 Å². The summed E-state index contributed by atoms with van der Waals surface area (Å²) in [4.78, 5) is 20.1. The Labute approximate surface area is 129 Å². The molecular weight excluding hydrogens is 280 g/mol. The van der Waals surface area contributed by atoms with Crippen molar-refractivity contribution in [2.75, 3.05) is 13.1 Å². The fraction of sp³-hybridized carbons (Fsp3) is 0.467. The van der Waals surface area contributed by atoms with Gasteiger partial charge in [-0.25, -0.2) is 14.6 Å².